The predicted molar refractivity (Wildman–Crippen MR) is 96.2 cm³/mol. The maximum absolute atomic E-state index is 12.6. The fourth-order valence-corrected chi connectivity index (χ4v) is 3.83. The molecule has 146 valence electrons. The largest absolute Gasteiger partial charge is 0.394 e. The van der Waals surface area contributed by atoms with Crippen LogP contribution in [0.4, 0.5) is 0 Å². The van der Waals surface area contributed by atoms with Crippen LogP contribution in [0, 0.1) is 6.92 Å². The van der Waals surface area contributed by atoms with Gasteiger partial charge in [-0.15, -0.1) is 0 Å². The molecule has 4 atom stereocenters. The first-order chi connectivity index (χ1) is 12.9. The zero-order chi connectivity index (χ0) is 19.4. The molecule has 27 heavy (non-hydrogen) atoms. The molecule has 0 aromatic heterocycles. The van der Waals surface area contributed by atoms with Crippen LogP contribution in [0.5, 0.6) is 0 Å². The number of rotatable bonds is 7. The average Bonchev–Trinajstić information content (AvgIpc) is 2.96. The van der Waals surface area contributed by atoms with Crippen LogP contribution in [-0.2, 0) is 30.4 Å². The number of hydrogen-bond acceptors (Lipinski definition) is 7. The van der Waals surface area contributed by atoms with E-state index in [0.717, 1.165) is 11.1 Å². The van der Waals surface area contributed by atoms with Gasteiger partial charge >= 0.3 is 0 Å². The summed E-state index contributed by atoms with van der Waals surface area (Å²) in [5.41, 5.74) is 1.76. The zero-order valence-corrected chi connectivity index (χ0v) is 15.6. The first-order valence-corrected chi connectivity index (χ1v) is 9.91. The Morgan fingerprint density at radius 1 is 1.07 bits per heavy atom. The third kappa shape index (κ3) is 4.73. The van der Waals surface area contributed by atoms with E-state index in [-0.39, 0.29) is 11.5 Å². The summed E-state index contributed by atoms with van der Waals surface area (Å²) in [4.78, 5) is -0.0328. The minimum Gasteiger partial charge on any atom is -0.394 e. The molecule has 0 radical (unpaired) electrons. The summed E-state index contributed by atoms with van der Waals surface area (Å²) in [6.07, 6.45) is -4.78. The Bertz CT molecular complexity index is 836. The summed E-state index contributed by atoms with van der Waals surface area (Å²) in [7, 11) is -4.14. The summed E-state index contributed by atoms with van der Waals surface area (Å²) in [5, 5.41) is 19.7. The lowest BCUT2D eigenvalue weighted by Crippen LogP contribution is -2.38. The van der Waals surface area contributed by atoms with Crippen LogP contribution in [0.2, 0.25) is 0 Å². The van der Waals surface area contributed by atoms with E-state index in [9.17, 15) is 18.6 Å². The van der Waals surface area contributed by atoms with Crippen LogP contribution in [0.3, 0.4) is 0 Å². The molecule has 0 spiro atoms. The van der Waals surface area contributed by atoms with E-state index in [1.165, 1.54) is 12.1 Å². The molecule has 0 saturated carbocycles. The molecule has 1 aliphatic heterocycles. The Morgan fingerprint density at radius 2 is 1.74 bits per heavy atom. The van der Waals surface area contributed by atoms with Gasteiger partial charge in [-0.1, -0.05) is 48.0 Å². The van der Waals surface area contributed by atoms with Gasteiger partial charge in [0.1, 0.15) is 12.2 Å². The van der Waals surface area contributed by atoms with Gasteiger partial charge in [-0.3, -0.25) is 4.18 Å². The fraction of sp³-hybridized carbons (Fsp3) is 0.368. The molecule has 0 aliphatic carbocycles. The normalized spacial score (nSPS) is 25.6. The van der Waals surface area contributed by atoms with Gasteiger partial charge < -0.3 is 19.7 Å². The topological polar surface area (TPSA) is 102 Å². The minimum absolute atomic E-state index is 0.0328. The Hall–Kier alpha value is -1.81. The molecule has 8 heteroatoms. The summed E-state index contributed by atoms with van der Waals surface area (Å²) in [6, 6.07) is 15.4. The maximum Gasteiger partial charge on any atom is 0.297 e. The van der Waals surface area contributed by atoms with Crippen molar-refractivity contribution in [3.05, 3.63) is 65.7 Å². The summed E-state index contributed by atoms with van der Waals surface area (Å²) in [5.74, 6) is 0. The zero-order valence-electron chi connectivity index (χ0n) is 14.8. The molecule has 1 heterocycles. The van der Waals surface area contributed by atoms with Crippen LogP contribution >= 0.6 is 0 Å². The smallest absolute Gasteiger partial charge is 0.297 e. The average molecular weight is 394 g/mol. The van der Waals surface area contributed by atoms with Crippen molar-refractivity contribution in [2.45, 2.75) is 43.0 Å². The van der Waals surface area contributed by atoms with Crippen LogP contribution in [0.15, 0.2) is 59.5 Å². The minimum atomic E-state index is -4.14. The van der Waals surface area contributed by atoms with Gasteiger partial charge in [0.15, 0.2) is 12.4 Å². The molecular formula is C19H22O7S. The van der Waals surface area contributed by atoms with E-state index in [2.05, 4.69) is 0 Å². The predicted octanol–water partition coefficient (Wildman–Crippen LogP) is 1.36. The number of benzene rings is 2. The van der Waals surface area contributed by atoms with Gasteiger partial charge in [0.05, 0.1) is 18.1 Å². The molecule has 0 amide bonds. The first kappa shape index (κ1) is 19.9. The van der Waals surface area contributed by atoms with Crippen LogP contribution in [0.1, 0.15) is 11.1 Å². The monoisotopic (exact) mass is 394 g/mol. The van der Waals surface area contributed by atoms with Crippen molar-refractivity contribution in [2.24, 2.45) is 0 Å². The molecule has 2 N–H and O–H groups in total. The third-order valence-corrected chi connectivity index (χ3v) is 5.60. The van der Waals surface area contributed by atoms with E-state index >= 15 is 0 Å². The molecule has 0 unspecified atom stereocenters. The first-order valence-electron chi connectivity index (χ1n) is 8.50. The standard InChI is InChI=1S/C19H22O7S/c1-13-7-9-15(10-8-13)27(22,23)26-18-17(21)16(11-20)25-19(18)24-12-14-5-3-2-4-6-14/h2-10,16-21H,11-12H2,1H3/t16-,17+,18-,19-/m0/s1. The highest BCUT2D eigenvalue weighted by molar-refractivity contribution is 7.86. The Kier molecular flexibility index (Phi) is 6.25. The molecule has 3 rings (SSSR count). The van der Waals surface area contributed by atoms with Crippen molar-refractivity contribution in [1.82, 2.24) is 0 Å². The van der Waals surface area contributed by atoms with Crippen molar-refractivity contribution in [3.8, 4) is 0 Å². The number of aryl methyl sites for hydroxylation is 1. The molecular weight excluding hydrogens is 372 g/mol. The van der Waals surface area contributed by atoms with Crippen LogP contribution < -0.4 is 0 Å². The van der Waals surface area contributed by atoms with Gasteiger partial charge in [-0.05, 0) is 24.6 Å². The highest BCUT2D eigenvalue weighted by Gasteiger charge is 2.47. The molecule has 1 aliphatic rings. The van der Waals surface area contributed by atoms with E-state index in [4.69, 9.17) is 13.7 Å². The van der Waals surface area contributed by atoms with Gasteiger partial charge in [-0.2, -0.15) is 8.42 Å². The molecule has 2 aromatic carbocycles. The number of hydrogen-bond donors (Lipinski definition) is 2. The van der Waals surface area contributed by atoms with Gasteiger partial charge in [0, 0.05) is 0 Å². The lowest BCUT2D eigenvalue weighted by molar-refractivity contribution is -0.170. The Balaban J connectivity index is 1.75. The Morgan fingerprint density at radius 3 is 2.37 bits per heavy atom. The van der Waals surface area contributed by atoms with Crippen molar-refractivity contribution in [1.29, 1.82) is 0 Å². The van der Waals surface area contributed by atoms with Crippen molar-refractivity contribution < 1.29 is 32.3 Å². The highest BCUT2D eigenvalue weighted by Crippen LogP contribution is 2.29. The molecule has 0 bridgehead atoms. The van der Waals surface area contributed by atoms with Crippen LogP contribution in [-0.4, -0.2) is 49.8 Å². The number of ether oxygens (including phenoxy) is 2. The lowest BCUT2D eigenvalue weighted by Gasteiger charge is -2.20. The molecule has 1 saturated heterocycles. The maximum atomic E-state index is 12.6. The SMILES string of the molecule is Cc1ccc(S(=O)(=O)O[C@@H]2[C@@H](OCc3ccccc3)O[C@@H](CO)[C@H]2O)cc1. The summed E-state index contributed by atoms with van der Waals surface area (Å²) in [6.45, 7) is 1.49. The second kappa shape index (κ2) is 8.47. The van der Waals surface area contributed by atoms with E-state index in [1.807, 2.05) is 37.3 Å². The summed E-state index contributed by atoms with van der Waals surface area (Å²) < 4.78 is 41.4. The molecule has 7 nitrogen and oxygen atoms in total. The molecule has 1 fully saturated rings. The van der Waals surface area contributed by atoms with Crippen molar-refractivity contribution in [3.63, 3.8) is 0 Å². The van der Waals surface area contributed by atoms with E-state index in [1.54, 1.807) is 12.1 Å². The van der Waals surface area contributed by atoms with E-state index < -0.39 is 41.3 Å². The number of aliphatic hydroxyl groups excluding tert-OH is 2. The quantitative estimate of drug-likeness (QED) is 0.684. The highest BCUT2D eigenvalue weighted by atomic mass is 32.2. The molecule has 2 aromatic rings. The lowest BCUT2D eigenvalue weighted by atomic mass is 10.1. The third-order valence-electron chi connectivity index (χ3n) is 4.28. The fourth-order valence-electron chi connectivity index (χ4n) is 2.75. The second-order valence-electron chi connectivity index (χ2n) is 6.34. The van der Waals surface area contributed by atoms with Gasteiger partial charge in [-0.25, -0.2) is 0 Å². The Labute approximate surface area is 158 Å². The van der Waals surface area contributed by atoms with Gasteiger partial charge in [0.2, 0.25) is 0 Å². The second-order valence-corrected chi connectivity index (χ2v) is 7.91. The summed E-state index contributed by atoms with van der Waals surface area (Å²) >= 11 is 0. The van der Waals surface area contributed by atoms with Gasteiger partial charge in [0.25, 0.3) is 10.1 Å². The number of aliphatic hydroxyl groups is 2. The van der Waals surface area contributed by atoms with Crippen molar-refractivity contribution in [2.75, 3.05) is 6.61 Å². The van der Waals surface area contributed by atoms with Crippen molar-refractivity contribution >= 4 is 10.1 Å². The van der Waals surface area contributed by atoms with E-state index in [0.29, 0.717) is 0 Å². The van der Waals surface area contributed by atoms with Crippen LogP contribution in [0.25, 0.3) is 0 Å².